The molecule has 0 radical (unpaired) electrons. The number of nitrogens with one attached hydrogen (secondary N) is 1. The van der Waals surface area contributed by atoms with Gasteiger partial charge >= 0.3 is 5.97 Å². The summed E-state index contributed by atoms with van der Waals surface area (Å²) in [6.45, 7) is 0. The Bertz CT molecular complexity index is 1180. The third-order valence-corrected chi connectivity index (χ3v) is 5.58. The van der Waals surface area contributed by atoms with Crippen LogP contribution in [-0.4, -0.2) is 19.0 Å². The number of nitrogens with zero attached hydrogens (tertiary/aromatic N) is 1. The van der Waals surface area contributed by atoms with Crippen molar-refractivity contribution >= 4 is 57.5 Å². The van der Waals surface area contributed by atoms with Crippen LogP contribution in [0.2, 0.25) is 10.0 Å². The first-order chi connectivity index (χ1) is 14.4. The molecule has 0 spiro atoms. The molecule has 0 aliphatic heterocycles. The van der Waals surface area contributed by atoms with Crippen molar-refractivity contribution in [2.45, 2.75) is 0 Å². The number of carbonyl (C=O) groups is 2. The number of halogens is 2. The second-order valence-electron chi connectivity index (χ2n) is 6.00. The Kier molecular flexibility index (Phi) is 6.91. The molecular weight excluding hydrogens is 443 g/mol. The van der Waals surface area contributed by atoms with Gasteiger partial charge in [0.05, 0.1) is 7.11 Å². The summed E-state index contributed by atoms with van der Waals surface area (Å²) < 4.78 is 4.90. The smallest absolute Gasteiger partial charge is 0.341 e. The van der Waals surface area contributed by atoms with Crippen molar-refractivity contribution in [3.63, 3.8) is 0 Å². The highest BCUT2D eigenvalue weighted by Gasteiger charge is 2.23. The summed E-state index contributed by atoms with van der Waals surface area (Å²) in [7, 11) is 1.27. The highest BCUT2D eigenvalue weighted by Crippen LogP contribution is 2.36. The molecule has 1 heterocycles. The lowest BCUT2D eigenvalue weighted by atomic mass is 10.0. The van der Waals surface area contributed by atoms with Gasteiger partial charge in [0.15, 0.2) is 0 Å². The minimum Gasteiger partial charge on any atom is -0.465 e. The zero-order valence-electron chi connectivity index (χ0n) is 15.6. The summed E-state index contributed by atoms with van der Waals surface area (Å²) in [5.74, 6) is -1.26. The van der Waals surface area contributed by atoms with E-state index in [1.54, 1.807) is 17.5 Å². The van der Waals surface area contributed by atoms with Gasteiger partial charge in [0.2, 0.25) is 0 Å². The zero-order chi connectivity index (χ0) is 21.7. The number of anilines is 1. The van der Waals surface area contributed by atoms with Crippen molar-refractivity contribution in [2.75, 3.05) is 12.4 Å². The van der Waals surface area contributed by atoms with E-state index < -0.39 is 11.9 Å². The van der Waals surface area contributed by atoms with E-state index in [2.05, 4.69) is 5.32 Å². The number of hydrogen-bond donors (Lipinski definition) is 1. The van der Waals surface area contributed by atoms with Gasteiger partial charge in [-0.3, -0.25) is 4.79 Å². The van der Waals surface area contributed by atoms with Crippen molar-refractivity contribution < 1.29 is 14.3 Å². The fourth-order valence-corrected chi connectivity index (χ4v) is 4.09. The van der Waals surface area contributed by atoms with E-state index in [1.807, 2.05) is 36.4 Å². The predicted molar refractivity (Wildman–Crippen MR) is 120 cm³/mol. The summed E-state index contributed by atoms with van der Waals surface area (Å²) in [4.78, 5) is 25.1. The lowest BCUT2D eigenvalue weighted by Crippen LogP contribution is -2.15. The number of thiophene rings is 1. The second-order valence-corrected chi connectivity index (χ2v) is 7.72. The van der Waals surface area contributed by atoms with E-state index in [4.69, 9.17) is 27.9 Å². The Morgan fingerprint density at radius 1 is 1.17 bits per heavy atom. The van der Waals surface area contributed by atoms with Crippen LogP contribution < -0.4 is 5.32 Å². The number of ether oxygens (including phenoxy) is 1. The first-order valence-corrected chi connectivity index (χ1v) is 10.2. The average Bonchev–Trinajstić information content (AvgIpc) is 3.16. The maximum Gasteiger partial charge on any atom is 0.341 e. The molecule has 1 N–H and O–H groups in total. The van der Waals surface area contributed by atoms with Crippen molar-refractivity contribution in [2.24, 2.45) is 0 Å². The molecule has 0 aliphatic carbocycles. The quantitative estimate of drug-likeness (QED) is 0.287. The lowest BCUT2D eigenvalue weighted by Gasteiger charge is -2.08. The molecule has 30 heavy (non-hydrogen) atoms. The molecule has 2 aromatic carbocycles. The van der Waals surface area contributed by atoms with Crippen LogP contribution >= 0.6 is 34.5 Å². The Labute approximate surface area is 187 Å². The number of hydrogen-bond acceptors (Lipinski definition) is 5. The Morgan fingerprint density at radius 2 is 1.90 bits per heavy atom. The van der Waals surface area contributed by atoms with Gasteiger partial charge in [-0.1, -0.05) is 59.6 Å². The Hall–Kier alpha value is -3.11. The van der Waals surface area contributed by atoms with Gasteiger partial charge in [-0.15, -0.1) is 11.3 Å². The molecule has 8 heteroatoms. The molecule has 0 unspecified atom stereocenters. The number of carbonyl (C=O) groups excluding carboxylic acids is 2. The molecule has 5 nitrogen and oxygen atoms in total. The van der Waals surface area contributed by atoms with Gasteiger partial charge in [-0.25, -0.2) is 4.79 Å². The number of nitriles is 1. The third-order valence-electron chi connectivity index (χ3n) is 4.12. The van der Waals surface area contributed by atoms with Gasteiger partial charge in [-0.2, -0.15) is 5.26 Å². The van der Waals surface area contributed by atoms with Gasteiger partial charge in [0, 0.05) is 21.0 Å². The minimum atomic E-state index is -0.671. The normalized spacial score (nSPS) is 10.9. The average molecular weight is 457 g/mol. The van der Waals surface area contributed by atoms with E-state index in [9.17, 15) is 14.9 Å². The van der Waals surface area contributed by atoms with Gasteiger partial charge in [0.1, 0.15) is 22.2 Å². The molecule has 0 saturated carbocycles. The largest absolute Gasteiger partial charge is 0.465 e. The molecule has 0 saturated heterocycles. The van der Waals surface area contributed by atoms with E-state index >= 15 is 0 Å². The molecule has 1 amide bonds. The van der Waals surface area contributed by atoms with Crippen molar-refractivity contribution in [3.8, 4) is 17.2 Å². The molecule has 0 atom stereocenters. The molecule has 150 valence electrons. The molecule has 3 aromatic rings. The summed E-state index contributed by atoms with van der Waals surface area (Å²) in [6.07, 6.45) is 1.36. The summed E-state index contributed by atoms with van der Waals surface area (Å²) in [5.41, 5.74) is 1.95. The summed E-state index contributed by atoms with van der Waals surface area (Å²) >= 11 is 13.2. The monoisotopic (exact) mass is 456 g/mol. The number of esters is 1. The van der Waals surface area contributed by atoms with Crippen molar-refractivity contribution in [1.82, 2.24) is 0 Å². The van der Waals surface area contributed by atoms with Crippen LogP contribution in [0.5, 0.6) is 0 Å². The van der Waals surface area contributed by atoms with Crippen molar-refractivity contribution in [1.29, 1.82) is 5.26 Å². The first kappa shape index (κ1) is 21.6. The van der Waals surface area contributed by atoms with Crippen LogP contribution in [0.15, 0.2) is 59.5 Å². The lowest BCUT2D eigenvalue weighted by molar-refractivity contribution is -0.112. The molecule has 0 bridgehead atoms. The van der Waals surface area contributed by atoms with E-state index in [0.717, 1.165) is 5.56 Å². The molecule has 1 aromatic heterocycles. The van der Waals surface area contributed by atoms with Crippen LogP contribution in [0.4, 0.5) is 5.00 Å². The van der Waals surface area contributed by atoms with Crippen molar-refractivity contribution in [3.05, 3.63) is 80.7 Å². The Balaban J connectivity index is 1.96. The fourth-order valence-electron chi connectivity index (χ4n) is 2.68. The van der Waals surface area contributed by atoms with Gasteiger partial charge in [-0.05, 0) is 29.3 Å². The van der Waals surface area contributed by atoms with Crippen LogP contribution in [-0.2, 0) is 9.53 Å². The molecular formula is C22H14Cl2N2O3S. The van der Waals surface area contributed by atoms with E-state index in [1.165, 1.54) is 30.6 Å². The summed E-state index contributed by atoms with van der Waals surface area (Å²) in [6, 6.07) is 15.8. The van der Waals surface area contributed by atoms with Crippen LogP contribution in [0, 0.1) is 11.3 Å². The summed E-state index contributed by atoms with van der Waals surface area (Å²) in [5, 5.41) is 14.9. The maximum absolute atomic E-state index is 12.7. The van der Waals surface area contributed by atoms with Crippen LogP contribution in [0.1, 0.15) is 15.9 Å². The molecule has 0 aliphatic rings. The van der Waals surface area contributed by atoms with Crippen LogP contribution in [0.25, 0.3) is 17.2 Å². The van der Waals surface area contributed by atoms with Gasteiger partial charge < -0.3 is 10.1 Å². The van der Waals surface area contributed by atoms with E-state index in [0.29, 0.717) is 21.2 Å². The maximum atomic E-state index is 12.7. The zero-order valence-corrected chi connectivity index (χ0v) is 17.9. The molecule has 3 rings (SSSR count). The van der Waals surface area contributed by atoms with Gasteiger partial charge in [0.25, 0.3) is 5.91 Å². The SMILES string of the molecule is COC(=O)c1c(-c2ccccc2)csc1NC(=O)C(C#N)=Cc1ccc(Cl)cc1Cl. The topological polar surface area (TPSA) is 79.2 Å². The number of amides is 1. The molecule has 0 fully saturated rings. The fraction of sp³-hybridized carbons (Fsp3) is 0.0455. The third kappa shape index (κ3) is 4.71. The number of methoxy groups -OCH3 is 1. The second kappa shape index (κ2) is 9.59. The first-order valence-electron chi connectivity index (χ1n) is 8.58. The number of rotatable bonds is 5. The number of benzene rings is 2. The van der Waals surface area contributed by atoms with E-state index in [-0.39, 0.29) is 16.1 Å². The highest BCUT2D eigenvalue weighted by molar-refractivity contribution is 7.15. The standard InChI is InChI=1S/C22H14Cl2N2O3S/c1-29-22(28)19-17(13-5-3-2-4-6-13)12-30-21(19)26-20(27)15(11-25)9-14-7-8-16(23)10-18(14)24/h2-10,12H,1H3,(H,26,27). The van der Waals surface area contributed by atoms with Crippen LogP contribution in [0.3, 0.4) is 0 Å². The highest BCUT2D eigenvalue weighted by atomic mass is 35.5. The Morgan fingerprint density at radius 3 is 2.53 bits per heavy atom. The predicted octanol–water partition coefficient (Wildman–Crippen LogP) is 6.05. The minimum absolute atomic E-state index is 0.176.